The molecule has 0 spiro atoms. The summed E-state index contributed by atoms with van der Waals surface area (Å²) < 4.78 is 10.5. The van der Waals surface area contributed by atoms with Crippen molar-refractivity contribution in [2.75, 3.05) is 19.8 Å². The van der Waals surface area contributed by atoms with Crippen molar-refractivity contribution in [2.45, 2.75) is 32.2 Å². The lowest BCUT2D eigenvalue weighted by atomic mass is 10.2. The number of rotatable bonds is 4. The van der Waals surface area contributed by atoms with Crippen LogP contribution in [-0.4, -0.2) is 29.9 Å². The van der Waals surface area contributed by atoms with Gasteiger partial charge in [0.15, 0.2) is 5.82 Å². The first-order valence-corrected chi connectivity index (χ1v) is 5.53. The Balaban J connectivity index is 1.93. The quantitative estimate of drug-likeness (QED) is 0.807. The Morgan fingerprint density at radius 1 is 1.53 bits per heavy atom. The van der Waals surface area contributed by atoms with Crippen molar-refractivity contribution in [1.29, 1.82) is 0 Å². The predicted octanol–water partition coefficient (Wildman–Crippen LogP) is 1.07. The van der Waals surface area contributed by atoms with Crippen molar-refractivity contribution in [3.05, 3.63) is 11.7 Å². The van der Waals surface area contributed by atoms with E-state index in [1.807, 2.05) is 0 Å². The Morgan fingerprint density at radius 2 is 2.47 bits per heavy atom. The molecule has 0 saturated carbocycles. The van der Waals surface area contributed by atoms with Crippen LogP contribution in [0.15, 0.2) is 4.52 Å². The summed E-state index contributed by atoms with van der Waals surface area (Å²) in [6.07, 6.45) is 3.11. The maximum atomic E-state index is 5.34. The van der Waals surface area contributed by atoms with E-state index in [0.29, 0.717) is 6.61 Å². The molecule has 1 aliphatic heterocycles. The van der Waals surface area contributed by atoms with Crippen molar-refractivity contribution in [1.82, 2.24) is 15.5 Å². The van der Waals surface area contributed by atoms with Crippen LogP contribution in [0.4, 0.5) is 0 Å². The number of aromatic nitrogens is 2. The van der Waals surface area contributed by atoms with Gasteiger partial charge >= 0.3 is 0 Å². The first-order chi connectivity index (χ1) is 7.40. The van der Waals surface area contributed by atoms with Crippen LogP contribution in [-0.2, 0) is 11.2 Å². The van der Waals surface area contributed by atoms with Gasteiger partial charge in [-0.2, -0.15) is 4.98 Å². The largest absolute Gasteiger partial charge is 0.378 e. The van der Waals surface area contributed by atoms with Gasteiger partial charge in [0, 0.05) is 13.0 Å². The minimum absolute atomic E-state index is 0.0953. The van der Waals surface area contributed by atoms with E-state index in [-0.39, 0.29) is 6.04 Å². The zero-order valence-corrected chi connectivity index (χ0v) is 9.03. The van der Waals surface area contributed by atoms with Gasteiger partial charge in [-0.15, -0.1) is 0 Å². The number of nitrogens with one attached hydrogen (secondary N) is 1. The molecular weight excluding hydrogens is 194 g/mol. The van der Waals surface area contributed by atoms with Crippen LogP contribution in [0.1, 0.15) is 37.5 Å². The molecule has 5 heteroatoms. The van der Waals surface area contributed by atoms with Gasteiger partial charge in [-0.3, -0.25) is 0 Å². The smallest absolute Gasteiger partial charge is 0.226 e. The number of aryl methyl sites for hydroxylation is 1. The standard InChI is InChI=1S/C10H17N3O2/c1-2-3-4-9-12-10(13-15-9)8-7-14-6-5-11-8/h8,11H,2-7H2,1H3/t8-/m1/s1. The normalized spacial score (nSPS) is 21.8. The van der Waals surface area contributed by atoms with Gasteiger partial charge in [-0.05, 0) is 6.42 Å². The molecular formula is C10H17N3O2. The molecule has 1 saturated heterocycles. The lowest BCUT2D eigenvalue weighted by molar-refractivity contribution is 0.0734. The van der Waals surface area contributed by atoms with Crippen molar-refractivity contribution >= 4 is 0 Å². The fourth-order valence-electron chi connectivity index (χ4n) is 1.57. The van der Waals surface area contributed by atoms with Gasteiger partial charge in [-0.25, -0.2) is 0 Å². The fourth-order valence-corrected chi connectivity index (χ4v) is 1.57. The third-order valence-electron chi connectivity index (χ3n) is 2.46. The van der Waals surface area contributed by atoms with Crippen LogP contribution in [0.5, 0.6) is 0 Å². The average molecular weight is 211 g/mol. The highest BCUT2D eigenvalue weighted by Crippen LogP contribution is 2.13. The van der Waals surface area contributed by atoms with E-state index < -0.39 is 0 Å². The summed E-state index contributed by atoms with van der Waals surface area (Å²) in [4.78, 5) is 4.35. The van der Waals surface area contributed by atoms with E-state index in [4.69, 9.17) is 9.26 Å². The van der Waals surface area contributed by atoms with Gasteiger partial charge in [0.2, 0.25) is 5.89 Å². The summed E-state index contributed by atoms with van der Waals surface area (Å²) in [5.41, 5.74) is 0. The third-order valence-corrected chi connectivity index (χ3v) is 2.46. The van der Waals surface area contributed by atoms with Gasteiger partial charge in [-0.1, -0.05) is 18.5 Å². The minimum atomic E-state index is 0.0953. The van der Waals surface area contributed by atoms with E-state index in [9.17, 15) is 0 Å². The highest BCUT2D eigenvalue weighted by Gasteiger charge is 2.20. The molecule has 0 bridgehead atoms. The predicted molar refractivity (Wildman–Crippen MR) is 54.5 cm³/mol. The van der Waals surface area contributed by atoms with Crippen molar-refractivity contribution < 1.29 is 9.26 Å². The third kappa shape index (κ3) is 2.76. The van der Waals surface area contributed by atoms with E-state index in [1.54, 1.807) is 0 Å². The molecule has 1 N–H and O–H groups in total. The Bertz CT molecular complexity index is 295. The van der Waals surface area contributed by atoms with E-state index in [2.05, 4.69) is 22.4 Å². The molecule has 0 unspecified atom stereocenters. The Morgan fingerprint density at radius 3 is 3.20 bits per heavy atom. The molecule has 1 aromatic heterocycles. The number of hydrogen-bond donors (Lipinski definition) is 1. The van der Waals surface area contributed by atoms with E-state index in [1.165, 1.54) is 0 Å². The molecule has 1 fully saturated rings. The lowest BCUT2D eigenvalue weighted by Crippen LogP contribution is -2.35. The second-order valence-electron chi connectivity index (χ2n) is 3.73. The summed E-state index contributed by atoms with van der Waals surface area (Å²) in [5, 5.41) is 7.26. The van der Waals surface area contributed by atoms with Crippen LogP contribution in [0.3, 0.4) is 0 Å². The first-order valence-electron chi connectivity index (χ1n) is 5.53. The zero-order valence-electron chi connectivity index (χ0n) is 9.03. The van der Waals surface area contributed by atoms with Crippen LogP contribution in [0, 0.1) is 0 Å². The summed E-state index contributed by atoms with van der Waals surface area (Å²) in [5.74, 6) is 1.46. The monoisotopic (exact) mass is 211 g/mol. The SMILES string of the molecule is CCCCc1nc([C@H]2COCCN2)no1. The summed E-state index contributed by atoms with van der Waals surface area (Å²) >= 11 is 0. The molecule has 2 rings (SSSR count). The Labute approximate surface area is 89.2 Å². The molecule has 0 aromatic carbocycles. The van der Waals surface area contributed by atoms with E-state index >= 15 is 0 Å². The number of nitrogens with zero attached hydrogens (tertiary/aromatic N) is 2. The maximum absolute atomic E-state index is 5.34. The lowest BCUT2D eigenvalue weighted by Gasteiger charge is -2.20. The molecule has 1 aromatic rings. The van der Waals surface area contributed by atoms with Crippen LogP contribution >= 0.6 is 0 Å². The molecule has 84 valence electrons. The average Bonchev–Trinajstić information content (AvgIpc) is 2.76. The molecule has 0 aliphatic carbocycles. The van der Waals surface area contributed by atoms with Crippen molar-refractivity contribution in [2.24, 2.45) is 0 Å². The Hall–Kier alpha value is -0.940. The summed E-state index contributed by atoms with van der Waals surface area (Å²) in [6, 6.07) is 0.0953. The Kier molecular flexibility index (Phi) is 3.69. The highest BCUT2D eigenvalue weighted by atomic mass is 16.5. The zero-order chi connectivity index (χ0) is 10.5. The maximum Gasteiger partial charge on any atom is 0.226 e. The van der Waals surface area contributed by atoms with E-state index in [0.717, 1.165) is 44.1 Å². The number of unbranched alkanes of at least 4 members (excludes halogenated alkanes) is 1. The topological polar surface area (TPSA) is 60.2 Å². The summed E-state index contributed by atoms with van der Waals surface area (Å²) in [7, 11) is 0. The summed E-state index contributed by atoms with van der Waals surface area (Å²) in [6.45, 7) is 4.39. The van der Waals surface area contributed by atoms with Crippen molar-refractivity contribution in [3.8, 4) is 0 Å². The number of ether oxygens (including phenoxy) is 1. The molecule has 15 heavy (non-hydrogen) atoms. The molecule has 0 amide bonds. The van der Waals surface area contributed by atoms with Crippen LogP contribution in [0.25, 0.3) is 0 Å². The molecule has 2 heterocycles. The van der Waals surface area contributed by atoms with Gasteiger partial charge in [0.25, 0.3) is 0 Å². The molecule has 0 radical (unpaired) electrons. The number of morpholine rings is 1. The van der Waals surface area contributed by atoms with Crippen molar-refractivity contribution in [3.63, 3.8) is 0 Å². The van der Waals surface area contributed by atoms with Crippen LogP contribution < -0.4 is 5.32 Å². The van der Waals surface area contributed by atoms with Crippen LogP contribution in [0.2, 0.25) is 0 Å². The number of hydrogen-bond acceptors (Lipinski definition) is 5. The van der Waals surface area contributed by atoms with Gasteiger partial charge in [0.05, 0.1) is 19.3 Å². The highest BCUT2D eigenvalue weighted by molar-refractivity contribution is 4.95. The molecule has 1 aliphatic rings. The molecule has 1 atom stereocenters. The molecule has 5 nitrogen and oxygen atoms in total. The second-order valence-corrected chi connectivity index (χ2v) is 3.73. The van der Waals surface area contributed by atoms with Gasteiger partial charge < -0.3 is 14.6 Å². The first kappa shape index (κ1) is 10.6. The van der Waals surface area contributed by atoms with Gasteiger partial charge in [0.1, 0.15) is 0 Å². The minimum Gasteiger partial charge on any atom is -0.378 e. The fraction of sp³-hybridized carbons (Fsp3) is 0.800. The second kappa shape index (κ2) is 5.23.